The summed E-state index contributed by atoms with van der Waals surface area (Å²) in [7, 11) is 0.422. The first-order chi connectivity index (χ1) is 11.7. The topological polar surface area (TPSA) is 78.5 Å². The lowest BCUT2D eigenvalue weighted by molar-refractivity contribution is 0.0940. The van der Waals surface area contributed by atoms with Crippen molar-refractivity contribution in [3.63, 3.8) is 0 Å². The Morgan fingerprint density at radius 1 is 1.08 bits per heavy atom. The quantitative estimate of drug-likeness (QED) is 0.829. The lowest BCUT2D eigenvalue weighted by Crippen LogP contribution is -2.27. The molecule has 0 spiro atoms. The van der Waals surface area contributed by atoms with E-state index in [1.54, 1.807) is 30.3 Å². The van der Waals surface area contributed by atoms with Crippen LogP contribution in [0.2, 0.25) is 0 Å². The summed E-state index contributed by atoms with van der Waals surface area (Å²) in [6.07, 6.45) is 1.10. The summed E-state index contributed by atoms with van der Waals surface area (Å²) in [5.41, 5.74) is 2.64. The van der Waals surface area contributed by atoms with Gasteiger partial charge in [0, 0.05) is 25.3 Å². The minimum absolute atomic E-state index is 0.217. The maximum atomic E-state index is 12.5. The van der Waals surface area contributed by atoms with Gasteiger partial charge in [0.05, 0.1) is 18.0 Å². The van der Waals surface area contributed by atoms with Crippen molar-refractivity contribution < 1.29 is 13.2 Å². The highest BCUT2D eigenvalue weighted by Gasteiger charge is 2.16. The highest BCUT2D eigenvalue weighted by atomic mass is 32.2. The fourth-order valence-electron chi connectivity index (χ4n) is 2.45. The van der Waals surface area contributed by atoms with Gasteiger partial charge in [0.1, 0.15) is 0 Å². The Morgan fingerprint density at radius 2 is 1.76 bits per heavy atom. The van der Waals surface area contributed by atoms with Crippen LogP contribution in [-0.4, -0.2) is 34.7 Å². The van der Waals surface area contributed by atoms with Crippen LogP contribution in [0.3, 0.4) is 0 Å². The number of rotatable bonds is 6. The molecule has 0 aliphatic rings. The van der Waals surface area contributed by atoms with E-state index >= 15 is 0 Å². The van der Waals surface area contributed by atoms with Crippen LogP contribution < -0.4 is 14.9 Å². The molecule has 0 saturated heterocycles. The van der Waals surface area contributed by atoms with E-state index in [-0.39, 0.29) is 11.9 Å². The summed E-state index contributed by atoms with van der Waals surface area (Å²) in [5.74, 6) is -0.217. The van der Waals surface area contributed by atoms with E-state index in [0.29, 0.717) is 16.8 Å². The molecule has 2 N–H and O–H groups in total. The first-order valence-corrected chi connectivity index (χ1v) is 9.71. The normalized spacial score (nSPS) is 12.3. The van der Waals surface area contributed by atoms with Gasteiger partial charge in [0.25, 0.3) is 5.91 Å². The zero-order valence-electron chi connectivity index (χ0n) is 14.8. The van der Waals surface area contributed by atoms with E-state index < -0.39 is 10.0 Å². The SMILES string of the molecule is CC(NC(=O)c1cccc(N(C)C)c1)c1ccccc1NS(C)(=O)=O. The molecule has 0 aromatic heterocycles. The molecule has 0 radical (unpaired) electrons. The van der Waals surface area contributed by atoms with Crippen molar-refractivity contribution in [1.29, 1.82) is 0 Å². The monoisotopic (exact) mass is 361 g/mol. The Kier molecular flexibility index (Phi) is 5.69. The molecule has 1 amide bonds. The third kappa shape index (κ3) is 5.22. The number of carbonyl (C=O) groups is 1. The number of nitrogens with one attached hydrogen (secondary N) is 2. The Labute approximate surface area is 148 Å². The molecule has 0 bridgehead atoms. The van der Waals surface area contributed by atoms with E-state index in [4.69, 9.17) is 0 Å². The summed E-state index contributed by atoms with van der Waals surface area (Å²) in [6, 6.07) is 13.9. The molecule has 1 atom stereocenters. The lowest BCUT2D eigenvalue weighted by atomic mass is 10.1. The van der Waals surface area contributed by atoms with Gasteiger partial charge in [-0.25, -0.2) is 8.42 Å². The Bertz CT molecular complexity index is 863. The first kappa shape index (κ1) is 18.8. The second-order valence-electron chi connectivity index (χ2n) is 6.10. The molecule has 0 fully saturated rings. The van der Waals surface area contributed by atoms with E-state index in [2.05, 4.69) is 10.0 Å². The number of sulfonamides is 1. The number of nitrogens with zero attached hydrogens (tertiary/aromatic N) is 1. The minimum atomic E-state index is -3.40. The van der Waals surface area contributed by atoms with Crippen molar-refractivity contribution in [3.05, 3.63) is 59.7 Å². The Morgan fingerprint density at radius 3 is 2.40 bits per heavy atom. The third-order valence-corrected chi connectivity index (χ3v) is 4.29. The maximum absolute atomic E-state index is 12.5. The van der Waals surface area contributed by atoms with Crippen molar-refractivity contribution in [1.82, 2.24) is 5.32 Å². The van der Waals surface area contributed by atoms with E-state index in [1.807, 2.05) is 44.1 Å². The molecule has 2 aromatic carbocycles. The number of anilines is 2. The first-order valence-electron chi connectivity index (χ1n) is 7.82. The zero-order valence-corrected chi connectivity index (χ0v) is 15.6. The van der Waals surface area contributed by atoms with E-state index in [0.717, 1.165) is 11.9 Å². The smallest absolute Gasteiger partial charge is 0.251 e. The average molecular weight is 361 g/mol. The van der Waals surface area contributed by atoms with Crippen LogP contribution in [0.15, 0.2) is 48.5 Å². The third-order valence-electron chi connectivity index (χ3n) is 3.69. The molecule has 134 valence electrons. The molecular formula is C18H23N3O3S. The van der Waals surface area contributed by atoms with Gasteiger partial charge < -0.3 is 10.2 Å². The minimum Gasteiger partial charge on any atom is -0.378 e. The highest BCUT2D eigenvalue weighted by molar-refractivity contribution is 7.92. The lowest BCUT2D eigenvalue weighted by Gasteiger charge is -2.19. The van der Waals surface area contributed by atoms with Gasteiger partial charge in [-0.1, -0.05) is 24.3 Å². The van der Waals surface area contributed by atoms with Crippen LogP contribution in [0.25, 0.3) is 0 Å². The molecule has 0 saturated carbocycles. The largest absolute Gasteiger partial charge is 0.378 e. The van der Waals surface area contributed by atoms with Gasteiger partial charge in [-0.2, -0.15) is 0 Å². The van der Waals surface area contributed by atoms with E-state index in [9.17, 15) is 13.2 Å². The molecule has 2 rings (SSSR count). The van der Waals surface area contributed by atoms with Gasteiger partial charge >= 0.3 is 0 Å². The Hall–Kier alpha value is -2.54. The molecule has 1 unspecified atom stereocenters. The predicted octanol–water partition coefficient (Wildman–Crippen LogP) is 2.62. The molecule has 7 heteroatoms. The van der Waals surface area contributed by atoms with Gasteiger partial charge in [-0.3, -0.25) is 9.52 Å². The number of benzene rings is 2. The number of amides is 1. The molecule has 0 aliphatic heterocycles. The van der Waals surface area contributed by atoms with Crippen molar-refractivity contribution in [3.8, 4) is 0 Å². The number of carbonyl (C=O) groups excluding carboxylic acids is 1. The summed E-state index contributed by atoms with van der Waals surface area (Å²) in [6.45, 7) is 1.82. The zero-order chi connectivity index (χ0) is 18.6. The van der Waals surface area contributed by atoms with E-state index in [1.165, 1.54) is 0 Å². The fourth-order valence-corrected chi connectivity index (χ4v) is 3.04. The van der Waals surface area contributed by atoms with Crippen molar-refractivity contribution in [2.45, 2.75) is 13.0 Å². The number of hydrogen-bond acceptors (Lipinski definition) is 4. The summed E-state index contributed by atoms with van der Waals surface area (Å²) in [5, 5.41) is 2.91. The summed E-state index contributed by atoms with van der Waals surface area (Å²) in [4.78, 5) is 14.5. The average Bonchev–Trinajstić information content (AvgIpc) is 2.53. The van der Waals surface area contributed by atoms with Crippen molar-refractivity contribution in [2.75, 3.05) is 30.0 Å². The van der Waals surface area contributed by atoms with Crippen LogP contribution in [-0.2, 0) is 10.0 Å². The van der Waals surface area contributed by atoms with Crippen molar-refractivity contribution >= 4 is 27.3 Å². The molecular weight excluding hydrogens is 338 g/mol. The van der Waals surface area contributed by atoms with Gasteiger partial charge in [-0.05, 0) is 36.8 Å². The van der Waals surface area contributed by atoms with Crippen LogP contribution in [0.5, 0.6) is 0 Å². The summed E-state index contributed by atoms with van der Waals surface area (Å²) < 4.78 is 25.5. The standard InChI is InChI=1S/C18H23N3O3S/c1-13(16-10-5-6-11-17(16)20-25(4,23)24)19-18(22)14-8-7-9-15(12-14)21(2)3/h5-13,20H,1-4H3,(H,19,22). The molecule has 6 nitrogen and oxygen atoms in total. The van der Waals surface area contributed by atoms with Gasteiger partial charge in [0.15, 0.2) is 0 Å². The predicted molar refractivity (Wildman–Crippen MR) is 102 cm³/mol. The number of para-hydroxylation sites is 1. The molecule has 0 heterocycles. The highest BCUT2D eigenvalue weighted by Crippen LogP contribution is 2.24. The van der Waals surface area contributed by atoms with Crippen LogP contribution in [0, 0.1) is 0 Å². The van der Waals surface area contributed by atoms with Gasteiger partial charge in [-0.15, -0.1) is 0 Å². The van der Waals surface area contributed by atoms with Gasteiger partial charge in [0.2, 0.25) is 10.0 Å². The molecule has 25 heavy (non-hydrogen) atoms. The Balaban J connectivity index is 2.21. The van der Waals surface area contributed by atoms with Crippen LogP contribution in [0.1, 0.15) is 28.9 Å². The second kappa shape index (κ2) is 7.57. The maximum Gasteiger partial charge on any atom is 0.251 e. The fraction of sp³-hybridized carbons (Fsp3) is 0.278. The number of hydrogen-bond donors (Lipinski definition) is 2. The molecule has 2 aromatic rings. The summed E-state index contributed by atoms with van der Waals surface area (Å²) >= 11 is 0. The van der Waals surface area contributed by atoms with Crippen LogP contribution in [0.4, 0.5) is 11.4 Å². The second-order valence-corrected chi connectivity index (χ2v) is 7.85. The van der Waals surface area contributed by atoms with Crippen molar-refractivity contribution in [2.24, 2.45) is 0 Å². The molecule has 0 aliphatic carbocycles. The van der Waals surface area contributed by atoms with Crippen LogP contribution >= 0.6 is 0 Å².